The highest BCUT2D eigenvalue weighted by Crippen LogP contribution is 2.16. The van der Waals surface area contributed by atoms with Crippen molar-refractivity contribution in [2.45, 2.75) is 39.9 Å². The summed E-state index contributed by atoms with van der Waals surface area (Å²) in [5.41, 5.74) is 1.27. The Morgan fingerprint density at radius 1 is 0.926 bits per heavy atom. The zero-order valence-electron chi connectivity index (χ0n) is 15.8. The maximum absolute atomic E-state index is 12.2. The Labute approximate surface area is 158 Å². The normalized spacial score (nSPS) is 11.6. The van der Waals surface area contributed by atoms with E-state index >= 15 is 0 Å². The van der Waals surface area contributed by atoms with Gasteiger partial charge < -0.3 is 14.8 Å². The summed E-state index contributed by atoms with van der Waals surface area (Å²) < 4.78 is 10.7. The van der Waals surface area contributed by atoms with E-state index in [9.17, 15) is 14.4 Å². The van der Waals surface area contributed by atoms with Gasteiger partial charge in [0.05, 0.1) is 11.7 Å². The fraction of sp³-hybridized carbons (Fsp3) is 0.286. The number of hydrogen-bond donors (Lipinski definition) is 1. The van der Waals surface area contributed by atoms with Gasteiger partial charge in [0, 0.05) is 11.3 Å². The van der Waals surface area contributed by atoms with Crippen molar-refractivity contribution < 1.29 is 23.9 Å². The van der Waals surface area contributed by atoms with Crippen LogP contribution >= 0.6 is 0 Å². The van der Waals surface area contributed by atoms with Crippen molar-refractivity contribution in [1.82, 2.24) is 0 Å². The van der Waals surface area contributed by atoms with Crippen LogP contribution in [0.5, 0.6) is 5.75 Å². The molecule has 2 rings (SSSR count). The first-order valence-electron chi connectivity index (χ1n) is 8.66. The average Bonchev–Trinajstić information content (AvgIpc) is 2.61. The number of rotatable bonds is 7. The monoisotopic (exact) mass is 369 g/mol. The van der Waals surface area contributed by atoms with Crippen LogP contribution in [0.15, 0.2) is 48.5 Å². The summed E-state index contributed by atoms with van der Waals surface area (Å²) in [5, 5.41) is 2.64. The number of anilines is 1. The Morgan fingerprint density at radius 3 is 2.19 bits per heavy atom. The van der Waals surface area contributed by atoms with Gasteiger partial charge in [-0.05, 0) is 64.1 Å². The van der Waals surface area contributed by atoms with Crippen LogP contribution in [0, 0.1) is 0 Å². The van der Waals surface area contributed by atoms with E-state index in [1.165, 1.54) is 13.8 Å². The highest BCUT2D eigenvalue weighted by atomic mass is 16.5. The second-order valence-corrected chi connectivity index (χ2v) is 6.36. The highest BCUT2D eigenvalue weighted by Gasteiger charge is 2.19. The molecular formula is C21H23NO5. The average molecular weight is 369 g/mol. The van der Waals surface area contributed by atoms with E-state index in [2.05, 4.69) is 5.32 Å². The Bertz CT molecular complexity index is 827. The van der Waals surface area contributed by atoms with Crippen LogP contribution in [0.3, 0.4) is 0 Å². The minimum absolute atomic E-state index is 0.0352. The molecule has 0 aliphatic heterocycles. The van der Waals surface area contributed by atoms with E-state index in [-0.39, 0.29) is 11.9 Å². The second kappa shape index (κ2) is 8.98. The number of hydrogen-bond acceptors (Lipinski definition) is 5. The molecule has 0 radical (unpaired) electrons. The van der Waals surface area contributed by atoms with Crippen LogP contribution in [-0.2, 0) is 9.53 Å². The maximum atomic E-state index is 12.2. The maximum Gasteiger partial charge on any atom is 0.338 e. The molecule has 0 spiro atoms. The first-order valence-corrected chi connectivity index (χ1v) is 8.66. The van der Waals surface area contributed by atoms with Gasteiger partial charge >= 0.3 is 5.97 Å². The number of carbonyl (C=O) groups is 3. The lowest BCUT2D eigenvalue weighted by molar-refractivity contribution is -0.123. The molecule has 1 N–H and O–H groups in total. The zero-order valence-corrected chi connectivity index (χ0v) is 15.8. The quantitative estimate of drug-likeness (QED) is 0.592. The molecule has 0 fully saturated rings. The number of Topliss-reactive ketones (excluding diaryl/α,β-unsaturated/α-hetero) is 1. The number of esters is 1. The molecule has 1 amide bonds. The molecule has 2 aromatic rings. The third kappa shape index (κ3) is 5.95. The number of nitrogens with one attached hydrogen (secondary N) is 1. The summed E-state index contributed by atoms with van der Waals surface area (Å²) in [6.45, 7) is 6.75. The first-order chi connectivity index (χ1) is 12.8. The van der Waals surface area contributed by atoms with Crippen molar-refractivity contribution in [1.29, 1.82) is 0 Å². The molecule has 6 nitrogen and oxygen atoms in total. The molecule has 0 aromatic heterocycles. The minimum atomic E-state index is -0.995. The lowest BCUT2D eigenvalue weighted by Gasteiger charge is -2.14. The number of ketones is 1. The topological polar surface area (TPSA) is 81.7 Å². The number of ether oxygens (including phenoxy) is 2. The highest BCUT2D eigenvalue weighted by molar-refractivity contribution is 5.99. The van der Waals surface area contributed by atoms with Crippen molar-refractivity contribution in [3.63, 3.8) is 0 Å². The van der Waals surface area contributed by atoms with Gasteiger partial charge in [0.15, 0.2) is 11.9 Å². The number of benzene rings is 2. The van der Waals surface area contributed by atoms with Crippen molar-refractivity contribution in [2.75, 3.05) is 5.32 Å². The van der Waals surface area contributed by atoms with Gasteiger partial charge in [-0.25, -0.2) is 4.79 Å². The van der Waals surface area contributed by atoms with E-state index in [1.807, 2.05) is 13.8 Å². The molecule has 0 aliphatic rings. The van der Waals surface area contributed by atoms with Crippen LogP contribution in [-0.4, -0.2) is 29.9 Å². The van der Waals surface area contributed by atoms with Crippen LogP contribution in [0.25, 0.3) is 0 Å². The van der Waals surface area contributed by atoms with Crippen molar-refractivity contribution in [2.24, 2.45) is 0 Å². The van der Waals surface area contributed by atoms with Gasteiger partial charge in [-0.3, -0.25) is 9.59 Å². The second-order valence-electron chi connectivity index (χ2n) is 6.36. The van der Waals surface area contributed by atoms with Crippen molar-refractivity contribution in [3.05, 3.63) is 59.7 Å². The van der Waals surface area contributed by atoms with Gasteiger partial charge in [0.25, 0.3) is 5.91 Å². The molecule has 142 valence electrons. The minimum Gasteiger partial charge on any atom is -0.491 e. The first kappa shape index (κ1) is 20.2. The lowest BCUT2D eigenvalue weighted by Crippen LogP contribution is -2.30. The Kier molecular flexibility index (Phi) is 6.71. The van der Waals surface area contributed by atoms with Gasteiger partial charge in [0.1, 0.15) is 5.75 Å². The van der Waals surface area contributed by atoms with E-state index in [0.29, 0.717) is 22.6 Å². The summed E-state index contributed by atoms with van der Waals surface area (Å²) in [6, 6.07) is 13.1. The van der Waals surface area contributed by atoms with Crippen LogP contribution < -0.4 is 10.1 Å². The molecule has 0 unspecified atom stereocenters. The summed E-state index contributed by atoms with van der Waals surface area (Å²) in [4.78, 5) is 35.9. The van der Waals surface area contributed by atoms with Gasteiger partial charge in [-0.15, -0.1) is 0 Å². The molecule has 0 saturated heterocycles. The Balaban J connectivity index is 1.96. The third-order valence-corrected chi connectivity index (χ3v) is 3.65. The number of amides is 1. The molecule has 0 aliphatic carbocycles. The smallest absolute Gasteiger partial charge is 0.338 e. The van der Waals surface area contributed by atoms with Crippen molar-refractivity contribution >= 4 is 23.3 Å². The molecule has 0 heterocycles. The van der Waals surface area contributed by atoms with Gasteiger partial charge in [-0.1, -0.05) is 12.1 Å². The predicted molar refractivity (Wildman–Crippen MR) is 102 cm³/mol. The summed E-state index contributed by atoms with van der Waals surface area (Å²) in [7, 11) is 0. The predicted octanol–water partition coefficient (Wildman–Crippen LogP) is 3.86. The standard InChI is InChI=1S/C21H23NO5/c1-13(2)26-19-10-8-16(9-11-19)21(25)27-15(4)20(24)22-18-7-5-6-17(12-18)14(3)23/h5-13,15H,1-4H3,(H,22,24)/t15-/m1/s1. The molecule has 0 saturated carbocycles. The van der Waals surface area contributed by atoms with E-state index < -0.39 is 18.0 Å². The molecular weight excluding hydrogens is 346 g/mol. The largest absolute Gasteiger partial charge is 0.491 e. The Hall–Kier alpha value is -3.15. The molecule has 0 bridgehead atoms. The molecule has 1 atom stereocenters. The zero-order chi connectivity index (χ0) is 20.0. The molecule has 2 aromatic carbocycles. The molecule has 27 heavy (non-hydrogen) atoms. The summed E-state index contributed by atoms with van der Waals surface area (Å²) in [6.07, 6.45) is -0.960. The van der Waals surface area contributed by atoms with Crippen LogP contribution in [0.1, 0.15) is 48.4 Å². The summed E-state index contributed by atoms with van der Waals surface area (Å²) in [5.74, 6) is -0.539. The molecule has 6 heteroatoms. The number of carbonyl (C=O) groups excluding carboxylic acids is 3. The third-order valence-electron chi connectivity index (χ3n) is 3.65. The van der Waals surface area contributed by atoms with E-state index in [1.54, 1.807) is 48.5 Å². The van der Waals surface area contributed by atoms with E-state index in [4.69, 9.17) is 9.47 Å². The lowest BCUT2D eigenvalue weighted by atomic mass is 10.1. The SMILES string of the molecule is CC(=O)c1cccc(NC(=O)[C@@H](C)OC(=O)c2ccc(OC(C)C)cc2)c1. The van der Waals surface area contributed by atoms with Gasteiger partial charge in [-0.2, -0.15) is 0 Å². The van der Waals surface area contributed by atoms with E-state index in [0.717, 1.165) is 0 Å². The van der Waals surface area contributed by atoms with Crippen LogP contribution in [0.2, 0.25) is 0 Å². The van der Waals surface area contributed by atoms with Crippen LogP contribution in [0.4, 0.5) is 5.69 Å². The fourth-order valence-electron chi connectivity index (χ4n) is 2.28. The van der Waals surface area contributed by atoms with Gasteiger partial charge in [0.2, 0.25) is 0 Å². The van der Waals surface area contributed by atoms with Crippen molar-refractivity contribution in [3.8, 4) is 5.75 Å². The summed E-state index contributed by atoms with van der Waals surface area (Å²) >= 11 is 0. The fourth-order valence-corrected chi connectivity index (χ4v) is 2.28. The Morgan fingerprint density at radius 2 is 1.59 bits per heavy atom.